The van der Waals surface area contributed by atoms with E-state index < -0.39 is 64.9 Å². The van der Waals surface area contributed by atoms with Crippen molar-refractivity contribution in [3.63, 3.8) is 0 Å². The third-order valence-electron chi connectivity index (χ3n) is 10.7. The lowest BCUT2D eigenvalue weighted by atomic mass is 9.59. The molecule has 0 heterocycles. The first kappa shape index (κ1) is 37.2. The molecule has 0 aliphatic heterocycles. The number of carbonyl (C=O) groups excluding carboxylic acids is 3. The van der Waals surface area contributed by atoms with Crippen molar-refractivity contribution in [2.24, 2.45) is 22.7 Å². The number of Topliss-reactive ketones (excluding diaryl/α,β-unsaturated/α-hetero) is 1. The molecular formula is C37H58O8. The van der Waals surface area contributed by atoms with Gasteiger partial charge in [-0.15, -0.1) is 0 Å². The number of aliphatic hydroxyl groups excluding tert-OH is 2. The van der Waals surface area contributed by atoms with Crippen molar-refractivity contribution >= 4 is 17.7 Å². The number of carbonyl (C=O) groups is 3. The molecule has 0 aromatic rings. The van der Waals surface area contributed by atoms with Gasteiger partial charge in [-0.1, -0.05) is 96.8 Å². The van der Waals surface area contributed by atoms with Gasteiger partial charge in [-0.25, -0.2) is 4.79 Å². The molecule has 0 saturated heterocycles. The van der Waals surface area contributed by atoms with Crippen molar-refractivity contribution in [1.29, 1.82) is 0 Å². The number of fused-ring (bicyclic) bond motifs is 1. The molecule has 0 radical (unpaired) electrons. The van der Waals surface area contributed by atoms with Gasteiger partial charge >= 0.3 is 11.9 Å². The number of hydrogen-bond acceptors (Lipinski definition) is 8. The highest BCUT2D eigenvalue weighted by Crippen LogP contribution is 2.61. The third-order valence-corrected chi connectivity index (χ3v) is 10.7. The van der Waals surface area contributed by atoms with Gasteiger partial charge in [0.25, 0.3) is 0 Å². The molecule has 8 nitrogen and oxygen atoms in total. The van der Waals surface area contributed by atoms with E-state index in [9.17, 15) is 29.7 Å². The van der Waals surface area contributed by atoms with Crippen LogP contribution in [0.1, 0.15) is 126 Å². The summed E-state index contributed by atoms with van der Waals surface area (Å²) in [6, 6.07) is 0. The number of rotatable bonds is 14. The molecule has 0 unspecified atom stereocenters. The second-order valence-electron chi connectivity index (χ2n) is 14.8. The molecule has 3 aliphatic carbocycles. The van der Waals surface area contributed by atoms with Crippen LogP contribution in [-0.2, 0) is 23.9 Å². The highest BCUT2D eigenvalue weighted by molar-refractivity contribution is 5.95. The zero-order chi connectivity index (χ0) is 33.7. The van der Waals surface area contributed by atoms with Gasteiger partial charge in [0.1, 0.15) is 30.5 Å². The Morgan fingerprint density at radius 1 is 0.956 bits per heavy atom. The molecule has 3 aliphatic rings. The summed E-state index contributed by atoms with van der Waals surface area (Å²) in [4.78, 5) is 40.7. The standard InChI is InChI=1S/C37H58O8/c1-9-10-11-12-13-14-15-16-17-18-29(38)45-33-28-19-27(22-44-34(42)26(6)23(2)3)31(40)37(43)30(39)24(4)20-36(37,32(28)41)25(5)21-35(33,7)8/h19-20,25,28,30-31,33,39-40,43H,9-18,21-22H2,1-8H3/t25-,28-,30+,31-,33-,36+,37-/m1/s1. The fraction of sp³-hybridized carbons (Fsp3) is 0.757. The minimum absolute atomic E-state index is 0.0969. The summed E-state index contributed by atoms with van der Waals surface area (Å²) in [6.07, 6.45) is 9.74. The van der Waals surface area contributed by atoms with Crippen LogP contribution < -0.4 is 0 Å². The van der Waals surface area contributed by atoms with E-state index in [1.807, 2.05) is 20.8 Å². The van der Waals surface area contributed by atoms with Crippen LogP contribution in [0.15, 0.2) is 34.4 Å². The van der Waals surface area contributed by atoms with E-state index in [0.29, 0.717) is 24.0 Å². The average Bonchev–Trinajstić information content (AvgIpc) is 3.13. The molecule has 1 fully saturated rings. The lowest BCUT2D eigenvalue weighted by Crippen LogP contribution is -2.65. The Hall–Kier alpha value is -2.29. The summed E-state index contributed by atoms with van der Waals surface area (Å²) in [6.45, 7) is 14.4. The molecule has 2 bridgehead atoms. The predicted octanol–water partition coefficient (Wildman–Crippen LogP) is 6.31. The first-order valence-electron chi connectivity index (χ1n) is 17.1. The van der Waals surface area contributed by atoms with Gasteiger partial charge in [0.05, 0.1) is 11.3 Å². The van der Waals surface area contributed by atoms with Gasteiger partial charge in [-0.05, 0) is 57.6 Å². The summed E-state index contributed by atoms with van der Waals surface area (Å²) in [5.74, 6) is -2.93. The molecule has 3 rings (SSSR count). The lowest BCUT2D eigenvalue weighted by Gasteiger charge is -2.48. The van der Waals surface area contributed by atoms with Crippen molar-refractivity contribution in [2.75, 3.05) is 6.61 Å². The van der Waals surface area contributed by atoms with Crippen LogP contribution in [0.3, 0.4) is 0 Å². The van der Waals surface area contributed by atoms with E-state index in [0.717, 1.165) is 24.8 Å². The third kappa shape index (κ3) is 7.33. The second-order valence-corrected chi connectivity index (χ2v) is 14.8. The van der Waals surface area contributed by atoms with Gasteiger partial charge in [0.2, 0.25) is 0 Å². The largest absolute Gasteiger partial charge is 0.461 e. The monoisotopic (exact) mass is 630 g/mol. The van der Waals surface area contributed by atoms with E-state index in [1.165, 1.54) is 38.2 Å². The van der Waals surface area contributed by atoms with Crippen LogP contribution in [0.5, 0.6) is 0 Å². The maximum absolute atomic E-state index is 14.7. The Morgan fingerprint density at radius 3 is 2.11 bits per heavy atom. The van der Waals surface area contributed by atoms with Crippen molar-refractivity contribution in [3.8, 4) is 0 Å². The van der Waals surface area contributed by atoms with Crippen molar-refractivity contribution in [1.82, 2.24) is 0 Å². The molecular weight excluding hydrogens is 572 g/mol. The summed E-state index contributed by atoms with van der Waals surface area (Å²) in [7, 11) is 0. The molecule has 0 aromatic heterocycles. The Morgan fingerprint density at radius 2 is 1.53 bits per heavy atom. The minimum Gasteiger partial charge on any atom is -0.461 e. The molecule has 8 heteroatoms. The topological polar surface area (TPSA) is 130 Å². The summed E-state index contributed by atoms with van der Waals surface area (Å²) in [5, 5.41) is 35.4. The summed E-state index contributed by atoms with van der Waals surface area (Å²) < 4.78 is 11.7. The highest BCUT2D eigenvalue weighted by Gasteiger charge is 2.72. The smallest absolute Gasteiger partial charge is 0.333 e. The first-order valence-corrected chi connectivity index (χ1v) is 17.1. The Labute approximate surface area is 270 Å². The van der Waals surface area contributed by atoms with Gasteiger partial charge in [0.15, 0.2) is 5.78 Å². The maximum Gasteiger partial charge on any atom is 0.333 e. The van der Waals surface area contributed by atoms with E-state index >= 15 is 0 Å². The van der Waals surface area contributed by atoms with E-state index in [1.54, 1.807) is 33.8 Å². The van der Waals surface area contributed by atoms with Crippen molar-refractivity contribution in [3.05, 3.63) is 34.4 Å². The van der Waals surface area contributed by atoms with Crippen molar-refractivity contribution in [2.45, 2.75) is 150 Å². The van der Waals surface area contributed by atoms with Crippen LogP contribution in [0.25, 0.3) is 0 Å². The van der Waals surface area contributed by atoms with Gasteiger partial charge in [0, 0.05) is 17.4 Å². The number of hydrogen-bond donors (Lipinski definition) is 3. The van der Waals surface area contributed by atoms with E-state index in [2.05, 4.69) is 6.92 Å². The Balaban J connectivity index is 1.90. The summed E-state index contributed by atoms with van der Waals surface area (Å²) in [5.41, 5.74) is -2.96. The zero-order valence-corrected chi connectivity index (χ0v) is 28.9. The zero-order valence-electron chi connectivity index (χ0n) is 28.9. The fourth-order valence-corrected chi connectivity index (χ4v) is 7.89. The van der Waals surface area contributed by atoms with Crippen molar-refractivity contribution < 1.29 is 39.2 Å². The SMILES string of the molecule is CCCCCCCCCCCC(=O)O[C@@H]1[C@@H]2C=C(COC(=O)C(C)=C(C)C)[C@@H](O)[C@]3(O)[C@@H](O)C(C)=C[C@@]3(C2=O)[C@H](C)CC1(C)C. The number of ketones is 1. The maximum atomic E-state index is 14.7. The van der Waals surface area contributed by atoms with Crippen LogP contribution in [0.2, 0.25) is 0 Å². The van der Waals surface area contributed by atoms with Gasteiger partial charge in [-0.2, -0.15) is 0 Å². The molecule has 45 heavy (non-hydrogen) atoms. The first-order chi connectivity index (χ1) is 21.1. The lowest BCUT2D eigenvalue weighted by molar-refractivity contribution is -0.190. The molecule has 0 aromatic carbocycles. The van der Waals surface area contributed by atoms with Gasteiger partial charge in [-0.3, -0.25) is 9.59 Å². The number of aliphatic hydroxyl groups is 3. The molecule has 254 valence electrons. The molecule has 1 saturated carbocycles. The molecule has 1 spiro atoms. The number of esters is 2. The predicted molar refractivity (Wildman–Crippen MR) is 174 cm³/mol. The van der Waals surface area contributed by atoms with Crippen LogP contribution in [0, 0.1) is 22.7 Å². The Kier molecular flexibility index (Phi) is 12.5. The van der Waals surface area contributed by atoms with Gasteiger partial charge < -0.3 is 24.8 Å². The Bertz CT molecular complexity index is 1190. The van der Waals surface area contributed by atoms with Crippen LogP contribution in [-0.4, -0.2) is 63.6 Å². The van der Waals surface area contributed by atoms with E-state index in [-0.39, 0.29) is 18.0 Å². The summed E-state index contributed by atoms with van der Waals surface area (Å²) >= 11 is 0. The number of ether oxygens (including phenoxy) is 2. The highest BCUT2D eigenvalue weighted by atomic mass is 16.5. The average molecular weight is 631 g/mol. The normalized spacial score (nSPS) is 32.1. The minimum atomic E-state index is -2.29. The molecule has 3 N–H and O–H groups in total. The quantitative estimate of drug-likeness (QED) is 0.0881. The molecule has 7 atom stereocenters. The molecule has 0 amide bonds. The van der Waals surface area contributed by atoms with Crippen LogP contribution >= 0.6 is 0 Å². The fourth-order valence-electron chi connectivity index (χ4n) is 7.89. The number of allylic oxidation sites excluding steroid dienone is 1. The second kappa shape index (κ2) is 15.1. The van der Waals surface area contributed by atoms with Crippen LogP contribution in [0.4, 0.5) is 0 Å². The number of unbranched alkanes of at least 4 members (excludes halogenated alkanes) is 8. The van der Waals surface area contributed by atoms with E-state index in [4.69, 9.17) is 9.47 Å².